The van der Waals surface area contributed by atoms with Gasteiger partial charge in [-0.1, -0.05) is 6.92 Å². The zero-order chi connectivity index (χ0) is 10.7. The molecule has 0 spiro atoms. The lowest BCUT2D eigenvalue weighted by atomic mass is 10.4. The molecule has 0 unspecified atom stereocenters. The molecule has 0 radical (unpaired) electrons. The van der Waals surface area contributed by atoms with Crippen molar-refractivity contribution in [3.63, 3.8) is 0 Å². The topological polar surface area (TPSA) is 43.4 Å². The largest absolute Gasteiger partial charge is 0.534 e. The van der Waals surface area contributed by atoms with Crippen molar-refractivity contribution < 1.29 is 25.8 Å². The second-order valence-electron chi connectivity index (χ2n) is 2.09. The number of hydrogen-bond acceptors (Lipinski definition) is 3. The third-order valence-electron chi connectivity index (χ3n) is 1.17. The number of halogens is 3. The summed E-state index contributed by atoms with van der Waals surface area (Å²) in [6.07, 6.45) is 1.26. The van der Waals surface area contributed by atoms with Crippen LogP contribution in [0.3, 0.4) is 0 Å². The van der Waals surface area contributed by atoms with Gasteiger partial charge in [0.2, 0.25) is 0 Å². The first-order valence-electron chi connectivity index (χ1n) is 3.40. The van der Waals surface area contributed by atoms with Crippen LogP contribution < -0.4 is 0 Å². The minimum Gasteiger partial charge on any atom is -0.381 e. The van der Waals surface area contributed by atoms with Crippen molar-refractivity contribution in [3.05, 3.63) is 11.8 Å². The van der Waals surface area contributed by atoms with Crippen molar-refractivity contribution in [1.82, 2.24) is 0 Å². The number of hydrogen-bond donors (Lipinski definition) is 0. The van der Waals surface area contributed by atoms with Gasteiger partial charge in [-0.3, -0.25) is 0 Å². The monoisotopic (exact) mass is 218 g/mol. The van der Waals surface area contributed by atoms with E-state index in [1.165, 1.54) is 19.9 Å². The summed E-state index contributed by atoms with van der Waals surface area (Å²) in [7, 11) is -5.49. The molecule has 0 amide bonds. The summed E-state index contributed by atoms with van der Waals surface area (Å²) >= 11 is 0. The highest BCUT2D eigenvalue weighted by Gasteiger charge is 2.48. The summed E-state index contributed by atoms with van der Waals surface area (Å²) in [6, 6.07) is 0. The van der Waals surface area contributed by atoms with Gasteiger partial charge in [0.25, 0.3) is 0 Å². The summed E-state index contributed by atoms with van der Waals surface area (Å²) in [5.74, 6) is -0.225. The Balaban J connectivity index is 4.73. The van der Waals surface area contributed by atoms with Gasteiger partial charge >= 0.3 is 15.6 Å². The highest BCUT2D eigenvalue weighted by atomic mass is 32.2. The molecule has 3 nitrogen and oxygen atoms in total. The Kier molecular flexibility index (Phi) is 3.77. The van der Waals surface area contributed by atoms with E-state index in [2.05, 4.69) is 4.18 Å². The second kappa shape index (κ2) is 3.99. The Morgan fingerprint density at radius 1 is 1.46 bits per heavy atom. The van der Waals surface area contributed by atoms with E-state index in [4.69, 9.17) is 0 Å². The van der Waals surface area contributed by atoms with Crippen LogP contribution in [-0.2, 0) is 14.3 Å². The van der Waals surface area contributed by atoms with Crippen LogP contribution in [-0.4, -0.2) is 13.9 Å². The Hall–Kier alpha value is -0.720. The molecule has 13 heavy (non-hydrogen) atoms. The summed E-state index contributed by atoms with van der Waals surface area (Å²) in [6.45, 7) is 2.88. The lowest BCUT2D eigenvalue weighted by molar-refractivity contribution is -0.0523. The fourth-order valence-corrected chi connectivity index (χ4v) is 1.09. The molecule has 0 heterocycles. The Bertz CT molecular complexity index is 289. The summed E-state index contributed by atoms with van der Waals surface area (Å²) in [5, 5.41) is 0. The van der Waals surface area contributed by atoms with Crippen LogP contribution in [0.4, 0.5) is 13.2 Å². The normalized spacial score (nSPS) is 14.4. The quantitative estimate of drug-likeness (QED) is 0.414. The first-order chi connectivity index (χ1) is 5.74. The molecule has 7 heteroatoms. The molecule has 0 aliphatic rings. The van der Waals surface area contributed by atoms with Crippen molar-refractivity contribution in [2.75, 3.05) is 0 Å². The van der Waals surface area contributed by atoms with E-state index in [1.54, 1.807) is 0 Å². The Labute approximate surface area is 74.3 Å². The van der Waals surface area contributed by atoms with Gasteiger partial charge < -0.3 is 4.18 Å². The van der Waals surface area contributed by atoms with E-state index in [9.17, 15) is 21.6 Å². The third kappa shape index (κ3) is 3.25. The van der Waals surface area contributed by atoms with Crippen LogP contribution in [0.25, 0.3) is 0 Å². The smallest absolute Gasteiger partial charge is 0.381 e. The van der Waals surface area contributed by atoms with Gasteiger partial charge in [0.05, 0.1) is 0 Å². The molecule has 0 atom stereocenters. The van der Waals surface area contributed by atoms with Crippen LogP contribution in [0.1, 0.15) is 20.3 Å². The van der Waals surface area contributed by atoms with Crippen LogP contribution in [0.2, 0.25) is 0 Å². The van der Waals surface area contributed by atoms with Crippen LogP contribution >= 0.6 is 0 Å². The standard InChI is InChI=1S/C6H9F3O3S/c1-3-5(4-2)12-13(10,11)6(7,8)9/h3H,4H2,1-2H3. The fraction of sp³-hybridized carbons (Fsp3) is 0.667. The SMILES string of the molecule is CC=C(CC)OS(=O)(=O)C(F)(F)F. The zero-order valence-electron chi connectivity index (χ0n) is 7.05. The van der Waals surface area contributed by atoms with Gasteiger partial charge in [-0.15, -0.1) is 0 Å². The molecular formula is C6H9F3O3S. The van der Waals surface area contributed by atoms with Gasteiger partial charge in [-0.05, 0) is 13.0 Å². The molecule has 0 aromatic rings. The molecular weight excluding hydrogens is 209 g/mol. The van der Waals surface area contributed by atoms with Gasteiger partial charge in [-0.25, -0.2) is 0 Å². The molecule has 0 aromatic carbocycles. The van der Waals surface area contributed by atoms with Gasteiger partial charge in [0, 0.05) is 6.42 Å². The van der Waals surface area contributed by atoms with Crippen molar-refractivity contribution in [2.45, 2.75) is 25.8 Å². The lowest BCUT2D eigenvalue weighted by Crippen LogP contribution is -2.25. The average molecular weight is 218 g/mol. The van der Waals surface area contributed by atoms with E-state index in [1.807, 2.05) is 0 Å². The summed E-state index contributed by atoms with van der Waals surface area (Å²) in [5.41, 5.74) is -5.36. The molecule has 0 saturated carbocycles. The van der Waals surface area contributed by atoms with Crippen LogP contribution in [0.15, 0.2) is 11.8 Å². The van der Waals surface area contributed by atoms with E-state index in [-0.39, 0.29) is 12.2 Å². The molecule has 0 fully saturated rings. The lowest BCUT2D eigenvalue weighted by Gasteiger charge is -2.10. The fourth-order valence-electron chi connectivity index (χ4n) is 0.499. The van der Waals surface area contributed by atoms with Gasteiger partial charge in [0.1, 0.15) is 5.76 Å². The van der Waals surface area contributed by atoms with Crippen molar-refractivity contribution in [1.29, 1.82) is 0 Å². The molecule has 0 saturated heterocycles. The zero-order valence-corrected chi connectivity index (χ0v) is 7.87. The molecule has 0 rings (SSSR count). The molecule has 0 aromatic heterocycles. The van der Waals surface area contributed by atoms with Crippen LogP contribution in [0, 0.1) is 0 Å². The Morgan fingerprint density at radius 2 is 1.92 bits per heavy atom. The van der Waals surface area contributed by atoms with Crippen molar-refractivity contribution in [2.24, 2.45) is 0 Å². The van der Waals surface area contributed by atoms with E-state index in [0.717, 1.165) is 0 Å². The van der Waals surface area contributed by atoms with Gasteiger partial charge in [-0.2, -0.15) is 21.6 Å². The summed E-state index contributed by atoms with van der Waals surface area (Å²) in [4.78, 5) is 0. The second-order valence-corrected chi connectivity index (χ2v) is 3.63. The average Bonchev–Trinajstić information content (AvgIpc) is 1.98. The number of alkyl halides is 3. The predicted molar refractivity (Wildman–Crippen MR) is 40.1 cm³/mol. The summed E-state index contributed by atoms with van der Waals surface area (Å²) < 4.78 is 59.8. The molecule has 78 valence electrons. The highest BCUT2D eigenvalue weighted by molar-refractivity contribution is 7.87. The van der Waals surface area contributed by atoms with Crippen LogP contribution in [0.5, 0.6) is 0 Å². The molecule has 0 aliphatic carbocycles. The Morgan fingerprint density at radius 3 is 2.15 bits per heavy atom. The number of rotatable bonds is 3. The predicted octanol–water partition coefficient (Wildman–Crippen LogP) is 2.17. The minimum atomic E-state index is -5.49. The third-order valence-corrected chi connectivity index (χ3v) is 2.17. The first kappa shape index (κ1) is 12.3. The number of allylic oxidation sites excluding steroid dienone is 2. The van der Waals surface area contributed by atoms with Crippen molar-refractivity contribution in [3.8, 4) is 0 Å². The molecule has 0 N–H and O–H groups in total. The molecule has 0 bridgehead atoms. The first-order valence-corrected chi connectivity index (χ1v) is 4.81. The minimum absolute atomic E-state index is 0.0891. The van der Waals surface area contributed by atoms with Crippen molar-refractivity contribution >= 4 is 10.1 Å². The maximum atomic E-state index is 11.7. The van der Waals surface area contributed by atoms with Gasteiger partial charge in [0.15, 0.2) is 0 Å². The molecule has 0 aliphatic heterocycles. The van der Waals surface area contributed by atoms with E-state index < -0.39 is 15.6 Å². The van der Waals surface area contributed by atoms with E-state index >= 15 is 0 Å². The van der Waals surface area contributed by atoms with E-state index in [0.29, 0.717) is 0 Å². The maximum Gasteiger partial charge on any atom is 0.534 e. The highest BCUT2D eigenvalue weighted by Crippen LogP contribution is 2.26. The maximum absolute atomic E-state index is 11.7.